The van der Waals surface area contributed by atoms with Crippen molar-refractivity contribution in [2.45, 2.75) is 57.4 Å². The summed E-state index contributed by atoms with van der Waals surface area (Å²) < 4.78 is 5.40. The fourth-order valence-corrected chi connectivity index (χ4v) is 5.01. The van der Waals surface area contributed by atoms with Crippen molar-refractivity contribution in [1.82, 2.24) is 14.7 Å². The Morgan fingerprint density at radius 1 is 1.19 bits per heavy atom. The minimum atomic E-state index is -0.632. The third-order valence-electron chi connectivity index (χ3n) is 7.52. The normalized spacial score (nSPS) is 26.3. The second-order valence-corrected chi connectivity index (χ2v) is 9.50. The first-order chi connectivity index (χ1) is 15.4. The molecule has 1 aromatic carbocycles. The van der Waals surface area contributed by atoms with Crippen LogP contribution in [0, 0.1) is 5.41 Å². The van der Waals surface area contributed by atoms with Crippen LogP contribution in [0.2, 0.25) is 0 Å². The number of piperidine rings is 1. The molecule has 2 heterocycles. The molecule has 1 spiro atoms. The number of amides is 2. The molecule has 0 radical (unpaired) electrons. The minimum Gasteiger partial charge on any atom is -0.445 e. The van der Waals surface area contributed by atoms with Gasteiger partial charge in [0.05, 0.1) is 18.8 Å². The van der Waals surface area contributed by atoms with E-state index < -0.39 is 12.1 Å². The summed E-state index contributed by atoms with van der Waals surface area (Å²) in [6.45, 7) is 4.88. The molecule has 1 aromatic rings. The Hall–Kier alpha value is -2.16. The van der Waals surface area contributed by atoms with Crippen molar-refractivity contribution < 1.29 is 24.5 Å². The smallest absolute Gasteiger partial charge is 0.410 e. The average molecular weight is 446 g/mol. The van der Waals surface area contributed by atoms with Crippen molar-refractivity contribution in [2.75, 3.05) is 39.3 Å². The van der Waals surface area contributed by atoms with Crippen LogP contribution in [0.4, 0.5) is 4.79 Å². The van der Waals surface area contributed by atoms with E-state index in [1.54, 1.807) is 11.8 Å². The van der Waals surface area contributed by atoms with Crippen LogP contribution in [0.15, 0.2) is 30.3 Å². The number of hydrogen-bond acceptors (Lipinski definition) is 6. The number of aliphatic hydroxyl groups excluding tert-OH is 2. The molecule has 2 aliphatic heterocycles. The van der Waals surface area contributed by atoms with Gasteiger partial charge in [-0.05, 0) is 50.1 Å². The third-order valence-corrected chi connectivity index (χ3v) is 7.52. The van der Waals surface area contributed by atoms with Crippen LogP contribution >= 0.6 is 0 Å². The van der Waals surface area contributed by atoms with Crippen LogP contribution in [0.3, 0.4) is 0 Å². The lowest BCUT2D eigenvalue weighted by atomic mass is 9.90. The molecule has 2 saturated heterocycles. The molecule has 2 unspecified atom stereocenters. The maximum Gasteiger partial charge on any atom is 0.410 e. The predicted octanol–water partition coefficient (Wildman–Crippen LogP) is 1.45. The van der Waals surface area contributed by atoms with Gasteiger partial charge in [0.1, 0.15) is 12.6 Å². The van der Waals surface area contributed by atoms with Crippen LogP contribution in [0.1, 0.15) is 38.2 Å². The monoisotopic (exact) mass is 445 g/mol. The fourth-order valence-electron chi connectivity index (χ4n) is 5.01. The number of carbonyl (C=O) groups is 2. The van der Waals surface area contributed by atoms with E-state index in [1.807, 2.05) is 30.3 Å². The van der Waals surface area contributed by atoms with E-state index in [-0.39, 0.29) is 36.7 Å². The lowest BCUT2D eigenvalue weighted by Crippen LogP contribution is -2.61. The zero-order valence-corrected chi connectivity index (χ0v) is 18.9. The van der Waals surface area contributed by atoms with Crippen LogP contribution in [0.5, 0.6) is 0 Å². The van der Waals surface area contributed by atoms with Gasteiger partial charge in [0, 0.05) is 26.2 Å². The number of β-amino-alcohol motifs (C(OH)–C–C–N with tert-alkyl or cyclic N) is 1. The summed E-state index contributed by atoms with van der Waals surface area (Å²) in [6, 6.07) is 8.53. The number of benzene rings is 1. The Labute approximate surface area is 189 Å². The molecular formula is C24H35N3O5. The molecule has 3 atom stereocenters. The molecule has 1 saturated carbocycles. The lowest BCUT2D eigenvalue weighted by molar-refractivity contribution is -0.144. The zero-order valence-electron chi connectivity index (χ0n) is 18.9. The molecular weight excluding hydrogens is 410 g/mol. The van der Waals surface area contributed by atoms with Gasteiger partial charge in [-0.3, -0.25) is 9.69 Å². The van der Waals surface area contributed by atoms with Gasteiger partial charge in [-0.25, -0.2) is 4.79 Å². The van der Waals surface area contributed by atoms with Crippen molar-refractivity contribution >= 4 is 12.0 Å². The number of piperazine rings is 1. The van der Waals surface area contributed by atoms with Gasteiger partial charge >= 0.3 is 6.09 Å². The van der Waals surface area contributed by atoms with Crippen molar-refractivity contribution in [2.24, 2.45) is 5.41 Å². The summed E-state index contributed by atoms with van der Waals surface area (Å²) in [4.78, 5) is 31.0. The summed E-state index contributed by atoms with van der Waals surface area (Å²) in [5.41, 5.74) is 1.07. The SMILES string of the molecule is CC1C(=O)N([C@H](CO)CCN2CCC3(CC3)C(O)C2)CCN1C(=O)OCc1ccccc1. The number of ether oxygens (including phenoxy) is 1. The number of hydrogen-bond donors (Lipinski definition) is 2. The van der Waals surface area contributed by atoms with E-state index in [2.05, 4.69) is 4.90 Å². The first kappa shape index (κ1) is 23.0. The van der Waals surface area contributed by atoms with E-state index in [1.165, 1.54) is 4.90 Å². The minimum absolute atomic E-state index is 0.114. The summed E-state index contributed by atoms with van der Waals surface area (Å²) in [5, 5.41) is 20.4. The van der Waals surface area contributed by atoms with Crippen molar-refractivity contribution in [1.29, 1.82) is 0 Å². The molecule has 176 valence electrons. The third kappa shape index (κ3) is 4.92. The van der Waals surface area contributed by atoms with E-state index in [4.69, 9.17) is 4.74 Å². The van der Waals surface area contributed by atoms with Gasteiger partial charge in [0.25, 0.3) is 0 Å². The summed E-state index contributed by atoms with van der Waals surface area (Å²) in [5.74, 6) is -0.164. The van der Waals surface area contributed by atoms with Crippen molar-refractivity contribution in [3.05, 3.63) is 35.9 Å². The van der Waals surface area contributed by atoms with Gasteiger partial charge in [0.2, 0.25) is 5.91 Å². The number of likely N-dealkylation sites (tertiary alicyclic amines) is 1. The van der Waals surface area contributed by atoms with Crippen LogP contribution in [0.25, 0.3) is 0 Å². The predicted molar refractivity (Wildman–Crippen MR) is 119 cm³/mol. The topological polar surface area (TPSA) is 93.5 Å². The van der Waals surface area contributed by atoms with Crippen LogP contribution < -0.4 is 0 Å². The van der Waals surface area contributed by atoms with Gasteiger partial charge in [0.15, 0.2) is 0 Å². The molecule has 0 bridgehead atoms. The Morgan fingerprint density at radius 2 is 1.94 bits per heavy atom. The average Bonchev–Trinajstić information content (AvgIpc) is 3.59. The Kier molecular flexibility index (Phi) is 7.02. The fraction of sp³-hybridized carbons (Fsp3) is 0.667. The van der Waals surface area contributed by atoms with Gasteiger partial charge in [-0.1, -0.05) is 30.3 Å². The number of aliphatic hydroxyl groups is 2. The first-order valence-corrected chi connectivity index (χ1v) is 11.7. The Morgan fingerprint density at radius 3 is 2.59 bits per heavy atom. The second kappa shape index (κ2) is 9.77. The van der Waals surface area contributed by atoms with Crippen LogP contribution in [-0.2, 0) is 16.1 Å². The second-order valence-electron chi connectivity index (χ2n) is 9.50. The van der Waals surface area contributed by atoms with E-state index in [9.17, 15) is 19.8 Å². The molecule has 3 aliphatic rings. The van der Waals surface area contributed by atoms with Gasteiger partial charge in [-0.2, -0.15) is 0 Å². The van der Waals surface area contributed by atoms with Gasteiger partial charge < -0.3 is 24.7 Å². The number of carbonyl (C=O) groups excluding carboxylic acids is 2. The molecule has 2 N–H and O–H groups in total. The van der Waals surface area contributed by atoms with E-state index >= 15 is 0 Å². The quantitative estimate of drug-likeness (QED) is 0.660. The summed E-state index contributed by atoms with van der Waals surface area (Å²) in [6.07, 6.45) is 3.17. The maximum absolute atomic E-state index is 13.0. The highest BCUT2D eigenvalue weighted by atomic mass is 16.6. The molecule has 8 heteroatoms. The highest BCUT2D eigenvalue weighted by molar-refractivity contribution is 5.86. The largest absolute Gasteiger partial charge is 0.445 e. The van der Waals surface area contributed by atoms with Crippen LogP contribution in [-0.4, -0.2) is 94.4 Å². The molecule has 1 aliphatic carbocycles. The van der Waals surface area contributed by atoms with Gasteiger partial charge in [-0.15, -0.1) is 0 Å². The molecule has 4 rings (SSSR count). The lowest BCUT2D eigenvalue weighted by Gasteiger charge is -2.42. The first-order valence-electron chi connectivity index (χ1n) is 11.7. The Bertz CT molecular complexity index is 800. The molecule has 3 fully saturated rings. The highest BCUT2D eigenvalue weighted by Gasteiger charge is 2.51. The maximum atomic E-state index is 13.0. The summed E-state index contributed by atoms with van der Waals surface area (Å²) in [7, 11) is 0. The molecule has 2 amide bonds. The standard InChI is InChI=1S/C24H35N3O5/c1-18-22(30)27(14-13-26(18)23(31)32-17-19-5-3-2-4-6-19)20(16-28)7-11-25-12-10-24(8-9-24)21(29)15-25/h2-6,18,20-21,28-29H,7-17H2,1H3/t18?,20-,21?/m0/s1. The number of rotatable bonds is 7. The molecule has 8 nitrogen and oxygen atoms in total. The highest BCUT2D eigenvalue weighted by Crippen LogP contribution is 2.53. The zero-order chi connectivity index (χ0) is 22.7. The van der Waals surface area contributed by atoms with E-state index in [0.29, 0.717) is 26.1 Å². The Balaban J connectivity index is 1.26. The summed E-state index contributed by atoms with van der Waals surface area (Å²) >= 11 is 0. The van der Waals surface area contributed by atoms with E-state index in [0.717, 1.165) is 37.9 Å². The molecule has 0 aromatic heterocycles. The van der Waals surface area contributed by atoms with Crippen molar-refractivity contribution in [3.8, 4) is 0 Å². The number of nitrogens with zero attached hydrogens (tertiary/aromatic N) is 3. The van der Waals surface area contributed by atoms with Crippen molar-refractivity contribution in [3.63, 3.8) is 0 Å². The molecule has 32 heavy (non-hydrogen) atoms.